The summed E-state index contributed by atoms with van der Waals surface area (Å²) in [5.41, 5.74) is 4.92. The van der Waals surface area contributed by atoms with Crippen molar-refractivity contribution in [2.45, 2.75) is 41.9 Å². The summed E-state index contributed by atoms with van der Waals surface area (Å²) in [5.74, 6) is 0. The Kier molecular flexibility index (Phi) is 5.32. The third-order valence-electron chi connectivity index (χ3n) is 4.81. The van der Waals surface area contributed by atoms with Crippen molar-refractivity contribution in [3.8, 4) is 0 Å². The molecule has 0 aromatic rings. The molecule has 0 bridgehead atoms. The van der Waals surface area contributed by atoms with Crippen LogP contribution in [0.4, 0.5) is 0 Å². The van der Waals surface area contributed by atoms with Crippen LogP contribution < -0.4 is 24.8 Å². The fourth-order valence-electron chi connectivity index (χ4n) is 3.35. The van der Waals surface area contributed by atoms with Gasteiger partial charge in [-0.2, -0.15) is 0 Å². The van der Waals surface area contributed by atoms with Crippen LogP contribution in [0.15, 0.2) is 41.5 Å². The second-order valence-corrected chi connectivity index (χ2v) is 16.4. The Hall–Kier alpha value is 0.423. The molecule has 1 fully saturated rings. The van der Waals surface area contributed by atoms with E-state index in [0.29, 0.717) is 0 Å². The van der Waals surface area contributed by atoms with Crippen LogP contribution in [0.25, 0.3) is 0 Å². The van der Waals surface area contributed by atoms with Gasteiger partial charge in [-0.3, -0.25) is 0 Å². The minimum Gasteiger partial charge on any atom is -1.00 e. The minimum atomic E-state index is -1.90. The van der Waals surface area contributed by atoms with Crippen molar-refractivity contribution in [1.82, 2.24) is 0 Å². The van der Waals surface area contributed by atoms with Gasteiger partial charge in [0.2, 0.25) is 0 Å². The van der Waals surface area contributed by atoms with Gasteiger partial charge in [0, 0.05) is 0 Å². The monoisotopic (exact) mass is 360 g/mol. The van der Waals surface area contributed by atoms with Gasteiger partial charge in [0.05, 0.1) is 0 Å². The standard InChI is InChI=1S/C8H11.C5H5.C2H4.2ClH.Zr/c1-6-4-5-7(2)8(6)3;1-2-4-5-3-1;1-2;;;/h4H2,1-3H3;1-3H,4H2;1-2H2;2*1H;/q;;;;;+2/p-2. The third-order valence-corrected chi connectivity index (χ3v) is 16.6. The predicted molar refractivity (Wildman–Crippen MR) is 67.1 cm³/mol. The van der Waals surface area contributed by atoms with Crippen LogP contribution in [0, 0.1) is 0 Å². The molecule has 98 valence electrons. The zero-order valence-electron chi connectivity index (χ0n) is 11.3. The van der Waals surface area contributed by atoms with E-state index in [1.54, 1.807) is 25.0 Å². The first-order valence-corrected chi connectivity index (χ1v) is 12.3. The molecular weight excluding hydrogens is 342 g/mol. The molecule has 1 heterocycles. The molecule has 0 saturated carbocycles. The fourth-order valence-corrected chi connectivity index (χ4v) is 17.6. The third kappa shape index (κ3) is 2.39. The van der Waals surface area contributed by atoms with E-state index in [4.69, 9.17) is 0 Å². The van der Waals surface area contributed by atoms with Crippen LogP contribution in [0.1, 0.15) is 33.6 Å². The number of halogens is 2. The first kappa shape index (κ1) is 16.5. The van der Waals surface area contributed by atoms with E-state index in [1.807, 2.05) is 6.56 Å². The van der Waals surface area contributed by atoms with Crippen molar-refractivity contribution in [3.05, 3.63) is 41.5 Å². The van der Waals surface area contributed by atoms with E-state index in [1.165, 1.54) is 12.8 Å². The Morgan fingerprint density at radius 3 is 2.06 bits per heavy atom. The van der Waals surface area contributed by atoms with Crippen LogP contribution in [0.2, 0.25) is 8.26 Å². The molecule has 0 spiro atoms. The molecule has 0 unspecified atom stereocenters. The van der Waals surface area contributed by atoms with Crippen LogP contribution >= 0.6 is 0 Å². The van der Waals surface area contributed by atoms with Gasteiger partial charge < -0.3 is 24.8 Å². The van der Waals surface area contributed by atoms with Crippen LogP contribution in [0.3, 0.4) is 0 Å². The summed E-state index contributed by atoms with van der Waals surface area (Å²) in [6.45, 7) is 7.02. The molecule has 3 aliphatic rings. The number of hydrogen-bond donors (Lipinski definition) is 0. The van der Waals surface area contributed by atoms with Crippen molar-refractivity contribution in [3.63, 3.8) is 0 Å². The Morgan fingerprint density at radius 2 is 1.67 bits per heavy atom. The Morgan fingerprint density at radius 1 is 1.00 bits per heavy atom. The molecule has 2 aliphatic carbocycles. The van der Waals surface area contributed by atoms with Crippen LogP contribution in [0.5, 0.6) is 0 Å². The van der Waals surface area contributed by atoms with Gasteiger partial charge in [-0.15, -0.1) is 0 Å². The maximum atomic E-state index is 2.45. The minimum absolute atomic E-state index is 0. The number of allylic oxidation sites excluding steroid dienone is 8. The second-order valence-electron chi connectivity index (χ2n) is 5.59. The van der Waals surface area contributed by atoms with E-state index >= 15 is 0 Å². The maximum Gasteiger partial charge on any atom is -1.00 e. The van der Waals surface area contributed by atoms with Crippen molar-refractivity contribution in [1.29, 1.82) is 0 Å². The molecule has 18 heavy (non-hydrogen) atoms. The summed E-state index contributed by atoms with van der Waals surface area (Å²) in [6.07, 6.45) is 9.69. The zero-order chi connectivity index (χ0) is 11.3. The molecule has 3 rings (SSSR count). The molecule has 0 atom stereocenters. The molecular formula is C15H20Cl2Zr. The van der Waals surface area contributed by atoms with Gasteiger partial charge in [-0.25, -0.2) is 0 Å². The van der Waals surface area contributed by atoms with Crippen molar-refractivity contribution < 1.29 is 45.1 Å². The summed E-state index contributed by atoms with van der Waals surface area (Å²) < 4.78 is 7.01. The average Bonchev–Trinajstić information content (AvgIpc) is 2.80. The molecule has 3 heteroatoms. The number of hydrogen-bond acceptors (Lipinski definition) is 0. The van der Waals surface area contributed by atoms with Crippen LogP contribution in [-0.4, -0.2) is 0 Å². The number of rotatable bonds is 2. The van der Waals surface area contributed by atoms with Gasteiger partial charge in [0.15, 0.2) is 0 Å². The van der Waals surface area contributed by atoms with Gasteiger partial charge in [-0.05, 0) is 0 Å². The molecule has 1 aliphatic heterocycles. The first-order valence-electron chi connectivity index (χ1n) is 6.38. The summed E-state index contributed by atoms with van der Waals surface area (Å²) in [7, 11) is 0. The van der Waals surface area contributed by atoms with E-state index < -0.39 is 20.3 Å². The normalized spacial score (nSPS) is 22.1. The maximum absolute atomic E-state index is 2.45. The molecule has 1 saturated heterocycles. The van der Waals surface area contributed by atoms with Gasteiger partial charge in [0.25, 0.3) is 0 Å². The smallest absolute Gasteiger partial charge is 1.00 e. The molecule has 0 aromatic carbocycles. The van der Waals surface area contributed by atoms with E-state index in [0.717, 1.165) is 0 Å². The van der Waals surface area contributed by atoms with Gasteiger partial charge in [0.1, 0.15) is 0 Å². The van der Waals surface area contributed by atoms with Crippen LogP contribution in [-0.2, 0) is 20.3 Å². The molecule has 0 N–H and O–H groups in total. The molecule has 0 aromatic heterocycles. The van der Waals surface area contributed by atoms with E-state index in [-0.39, 0.29) is 24.8 Å². The van der Waals surface area contributed by atoms with Crippen molar-refractivity contribution in [2.24, 2.45) is 0 Å². The summed E-state index contributed by atoms with van der Waals surface area (Å²) in [4.78, 5) is 0. The van der Waals surface area contributed by atoms with Gasteiger partial charge in [-0.1, -0.05) is 0 Å². The molecule has 0 nitrogen and oxygen atoms in total. The molecule has 0 amide bonds. The van der Waals surface area contributed by atoms with Crippen molar-refractivity contribution in [2.75, 3.05) is 0 Å². The average molecular weight is 362 g/mol. The Labute approximate surface area is 128 Å². The summed E-state index contributed by atoms with van der Waals surface area (Å²) in [5, 5.41) is 0. The Bertz CT molecular complexity index is 477. The predicted octanol–water partition coefficient (Wildman–Crippen LogP) is -1.14. The molecule has 0 radical (unpaired) electrons. The van der Waals surface area contributed by atoms with E-state index in [2.05, 4.69) is 39.0 Å². The summed E-state index contributed by atoms with van der Waals surface area (Å²) >= 11 is -1.90. The SMILES string of the molecule is CC1=C(C)C(C)=[C]([Zr+2]2([C]3=CC=CC3)[CH2][CH2]2)C1.[Cl-].[Cl-]. The zero-order valence-corrected chi connectivity index (χ0v) is 15.3. The Balaban J connectivity index is 0.000000810. The topological polar surface area (TPSA) is 0 Å². The largest absolute Gasteiger partial charge is 1.00 e. The van der Waals surface area contributed by atoms with Gasteiger partial charge >= 0.3 is 104 Å². The van der Waals surface area contributed by atoms with Crippen molar-refractivity contribution >= 4 is 0 Å². The quantitative estimate of drug-likeness (QED) is 0.583. The van der Waals surface area contributed by atoms with E-state index in [9.17, 15) is 0 Å². The summed E-state index contributed by atoms with van der Waals surface area (Å²) in [6, 6.07) is 0. The second kappa shape index (κ2) is 5.82. The first-order chi connectivity index (χ1) is 7.65. The fraction of sp³-hybridized carbons (Fsp3) is 0.467.